The number of aliphatic hydroxyl groups is 1. The van der Waals surface area contributed by atoms with Crippen molar-refractivity contribution in [1.29, 1.82) is 0 Å². The first kappa shape index (κ1) is 13.8. The van der Waals surface area contributed by atoms with Gasteiger partial charge >= 0.3 is 0 Å². The maximum absolute atomic E-state index is 9.66. The number of hydrogen-bond acceptors (Lipinski definition) is 3. The van der Waals surface area contributed by atoms with Crippen molar-refractivity contribution >= 4 is 0 Å². The number of benzene rings is 1. The van der Waals surface area contributed by atoms with Crippen molar-refractivity contribution in [2.24, 2.45) is 5.92 Å². The van der Waals surface area contributed by atoms with Crippen molar-refractivity contribution < 1.29 is 14.6 Å². The van der Waals surface area contributed by atoms with Crippen molar-refractivity contribution in [2.45, 2.75) is 33.3 Å². The molecule has 0 aliphatic carbocycles. The maximum atomic E-state index is 9.66. The molecule has 0 aromatic heterocycles. The molecule has 0 unspecified atom stereocenters. The van der Waals surface area contributed by atoms with Crippen LogP contribution in [0.25, 0.3) is 0 Å². The Morgan fingerprint density at radius 2 is 1.94 bits per heavy atom. The molecule has 0 aliphatic rings. The van der Waals surface area contributed by atoms with Gasteiger partial charge in [-0.2, -0.15) is 0 Å². The van der Waals surface area contributed by atoms with Gasteiger partial charge in [0.1, 0.15) is 11.5 Å². The molecule has 0 radical (unpaired) electrons. The molecule has 0 heterocycles. The third-order valence-electron chi connectivity index (χ3n) is 2.62. The van der Waals surface area contributed by atoms with Crippen molar-refractivity contribution in [3.63, 3.8) is 0 Å². The summed E-state index contributed by atoms with van der Waals surface area (Å²) in [5.41, 5.74) is 0.801. The zero-order valence-corrected chi connectivity index (χ0v) is 11.1. The largest absolute Gasteiger partial charge is 0.497 e. The highest BCUT2D eigenvalue weighted by Gasteiger charge is 2.10. The predicted octanol–water partition coefficient (Wildman–Crippen LogP) is 3.17. The van der Waals surface area contributed by atoms with E-state index in [-0.39, 0.29) is 0 Å². The van der Waals surface area contributed by atoms with Crippen LogP contribution >= 0.6 is 0 Å². The molecule has 3 nitrogen and oxygen atoms in total. The van der Waals surface area contributed by atoms with E-state index in [1.54, 1.807) is 14.0 Å². The number of aliphatic hydroxyl groups excluding tert-OH is 1. The van der Waals surface area contributed by atoms with Gasteiger partial charge in [0.05, 0.1) is 19.8 Å². The first-order valence-electron chi connectivity index (χ1n) is 6.03. The fourth-order valence-electron chi connectivity index (χ4n) is 1.52. The lowest BCUT2D eigenvalue weighted by Gasteiger charge is -2.15. The smallest absolute Gasteiger partial charge is 0.128 e. The minimum Gasteiger partial charge on any atom is -0.497 e. The molecule has 3 heteroatoms. The van der Waals surface area contributed by atoms with Crippen molar-refractivity contribution in [3.05, 3.63) is 23.8 Å². The Morgan fingerprint density at radius 3 is 2.47 bits per heavy atom. The van der Waals surface area contributed by atoms with E-state index in [0.29, 0.717) is 18.3 Å². The Kier molecular flexibility index (Phi) is 5.29. The highest BCUT2D eigenvalue weighted by atomic mass is 16.5. The third kappa shape index (κ3) is 4.27. The third-order valence-corrected chi connectivity index (χ3v) is 2.62. The van der Waals surface area contributed by atoms with Gasteiger partial charge in [0.15, 0.2) is 0 Å². The van der Waals surface area contributed by atoms with Gasteiger partial charge in [-0.3, -0.25) is 0 Å². The van der Waals surface area contributed by atoms with Crippen molar-refractivity contribution in [2.75, 3.05) is 13.7 Å². The number of methoxy groups -OCH3 is 1. The SMILES string of the molecule is COc1ccc([C@@H](C)O)c(OCCC(C)C)c1. The number of ether oxygens (including phenoxy) is 2. The summed E-state index contributed by atoms with van der Waals surface area (Å²) in [4.78, 5) is 0. The summed E-state index contributed by atoms with van der Waals surface area (Å²) in [6, 6.07) is 5.49. The normalized spacial score (nSPS) is 12.6. The van der Waals surface area contributed by atoms with E-state index in [0.717, 1.165) is 17.7 Å². The van der Waals surface area contributed by atoms with Crippen molar-refractivity contribution in [1.82, 2.24) is 0 Å². The maximum Gasteiger partial charge on any atom is 0.128 e. The van der Waals surface area contributed by atoms with E-state index < -0.39 is 6.10 Å². The molecule has 0 bridgehead atoms. The fourth-order valence-corrected chi connectivity index (χ4v) is 1.52. The summed E-state index contributed by atoms with van der Waals surface area (Å²) in [7, 11) is 1.62. The second-order valence-electron chi connectivity index (χ2n) is 4.61. The van der Waals surface area contributed by atoms with E-state index in [2.05, 4.69) is 13.8 Å². The van der Waals surface area contributed by atoms with Crippen LogP contribution in [-0.2, 0) is 0 Å². The Bertz CT molecular complexity index is 345. The summed E-state index contributed by atoms with van der Waals surface area (Å²) >= 11 is 0. The summed E-state index contributed by atoms with van der Waals surface area (Å²) in [6.45, 7) is 6.71. The van der Waals surface area contributed by atoms with E-state index in [1.165, 1.54) is 0 Å². The van der Waals surface area contributed by atoms with Gasteiger partial charge < -0.3 is 14.6 Å². The fraction of sp³-hybridized carbons (Fsp3) is 0.571. The van der Waals surface area contributed by atoms with E-state index in [9.17, 15) is 5.11 Å². The number of rotatable bonds is 6. The second-order valence-corrected chi connectivity index (χ2v) is 4.61. The van der Waals surface area contributed by atoms with Gasteiger partial charge in [-0.05, 0) is 31.4 Å². The van der Waals surface area contributed by atoms with Crippen LogP contribution < -0.4 is 9.47 Å². The molecule has 0 saturated heterocycles. The van der Waals surface area contributed by atoms with Crippen LogP contribution in [-0.4, -0.2) is 18.8 Å². The Hall–Kier alpha value is -1.22. The molecule has 1 rings (SSSR count). The highest BCUT2D eigenvalue weighted by molar-refractivity contribution is 5.41. The molecule has 1 atom stereocenters. The van der Waals surface area contributed by atoms with Crippen LogP contribution in [0.1, 0.15) is 38.9 Å². The van der Waals surface area contributed by atoms with Crippen LogP contribution in [0.5, 0.6) is 11.5 Å². The molecular weight excluding hydrogens is 216 g/mol. The van der Waals surface area contributed by atoms with Crippen LogP contribution in [0.2, 0.25) is 0 Å². The van der Waals surface area contributed by atoms with Crippen LogP contribution in [0.4, 0.5) is 0 Å². The molecule has 0 spiro atoms. The monoisotopic (exact) mass is 238 g/mol. The van der Waals surface area contributed by atoms with Gasteiger partial charge in [0, 0.05) is 11.6 Å². The second kappa shape index (κ2) is 6.50. The molecule has 0 aliphatic heterocycles. The van der Waals surface area contributed by atoms with Gasteiger partial charge in [-0.1, -0.05) is 13.8 Å². The molecular formula is C14H22O3. The van der Waals surface area contributed by atoms with E-state index in [4.69, 9.17) is 9.47 Å². The quantitative estimate of drug-likeness (QED) is 0.827. The molecule has 0 saturated carbocycles. The summed E-state index contributed by atoms with van der Waals surface area (Å²) in [6.07, 6.45) is 0.464. The molecule has 1 aromatic rings. The average molecular weight is 238 g/mol. The molecule has 0 amide bonds. The minimum atomic E-state index is -0.532. The van der Waals surface area contributed by atoms with E-state index in [1.807, 2.05) is 18.2 Å². The van der Waals surface area contributed by atoms with Crippen LogP contribution in [0.15, 0.2) is 18.2 Å². The summed E-state index contributed by atoms with van der Waals surface area (Å²) in [5, 5.41) is 9.66. The molecule has 17 heavy (non-hydrogen) atoms. The zero-order valence-electron chi connectivity index (χ0n) is 11.1. The average Bonchev–Trinajstić information content (AvgIpc) is 2.28. The first-order valence-corrected chi connectivity index (χ1v) is 6.03. The van der Waals surface area contributed by atoms with Crippen LogP contribution in [0, 0.1) is 5.92 Å². The molecule has 1 aromatic carbocycles. The summed E-state index contributed by atoms with van der Waals surface area (Å²) in [5.74, 6) is 2.06. The van der Waals surface area contributed by atoms with Crippen molar-refractivity contribution in [3.8, 4) is 11.5 Å². The molecule has 1 N–H and O–H groups in total. The number of hydrogen-bond donors (Lipinski definition) is 1. The van der Waals surface area contributed by atoms with Gasteiger partial charge in [0.2, 0.25) is 0 Å². The lowest BCUT2D eigenvalue weighted by molar-refractivity contribution is 0.189. The Balaban J connectivity index is 2.78. The molecule has 96 valence electrons. The predicted molar refractivity (Wildman–Crippen MR) is 68.6 cm³/mol. The summed E-state index contributed by atoms with van der Waals surface area (Å²) < 4.78 is 10.9. The van der Waals surface area contributed by atoms with Gasteiger partial charge in [0.25, 0.3) is 0 Å². The Labute approximate surface area is 103 Å². The standard InChI is InChI=1S/C14H22O3/c1-10(2)7-8-17-14-9-12(16-4)5-6-13(14)11(3)15/h5-6,9-11,15H,7-8H2,1-4H3/t11-/m1/s1. The first-order chi connectivity index (χ1) is 8.04. The Morgan fingerprint density at radius 1 is 1.24 bits per heavy atom. The van der Waals surface area contributed by atoms with E-state index >= 15 is 0 Å². The van der Waals surface area contributed by atoms with Gasteiger partial charge in [-0.15, -0.1) is 0 Å². The molecule has 0 fully saturated rings. The lowest BCUT2D eigenvalue weighted by atomic mass is 10.1. The lowest BCUT2D eigenvalue weighted by Crippen LogP contribution is -2.05. The zero-order chi connectivity index (χ0) is 12.8. The van der Waals surface area contributed by atoms with Crippen LogP contribution in [0.3, 0.4) is 0 Å². The topological polar surface area (TPSA) is 38.7 Å². The highest BCUT2D eigenvalue weighted by Crippen LogP contribution is 2.29. The van der Waals surface area contributed by atoms with Gasteiger partial charge in [-0.25, -0.2) is 0 Å². The minimum absolute atomic E-state index is 0.532.